The Bertz CT molecular complexity index is 726. The number of carboxylic acid groups (broad SMARTS) is 1. The van der Waals surface area contributed by atoms with Crippen LogP contribution in [0.25, 0.3) is 0 Å². The van der Waals surface area contributed by atoms with Gasteiger partial charge >= 0.3 is 5.97 Å². The molecular formula is C12H10INO4S2. The Kier molecular flexibility index (Phi) is 4.78. The Morgan fingerprint density at radius 3 is 2.70 bits per heavy atom. The lowest BCUT2D eigenvalue weighted by Gasteiger charge is -2.07. The Hall–Kier alpha value is -0.970. The smallest absolute Gasteiger partial charge is 0.336 e. The monoisotopic (exact) mass is 423 g/mol. The molecule has 0 bridgehead atoms. The Labute approximate surface area is 133 Å². The summed E-state index contributed by atoms with van der Waals surface area (Å²) in [5, 5.41) is 10.9. The van der Waals surface area contributed by atoms with Crippen molar-refractivity contribution in [2.45, 2.75) is 11.4 Å². The molecule has 0 spiro atoms. The van der Waals surface area contributed by atoms with Gasteiger partial charge in [0.15, 0.2) is 0 Å². The third-order valence-electron chi connectivity index (χ3n) is 2.50. The molecule has 0 saturated heterocycles. The van der Waals surface area contributed by atoms with Crippen molar-refractivity contribution in [3.05, 3.63) is 49.7 Å². The first-order valence-electron chi connectivity index (χ1n) is 5.45. The van der Waals surface area contributed by atoms with Crippen molar-refractivity contribution in [1.82, 2.24) is 4.72 Å². The van der Waals surface area contributed by atoms with Gasteiger partial charge < -0.3 is 5.11 Å². The predicted molar refractivity (Wildman–Crippen MR) is 84.5 cm³/mol. The van der Waals surface area contributed by atoms with Crippen LogP contribution >= 0.6 is 33.9 Å². The van der Waals surface area contributed by atoms with E-state index in [1.54, 1.807) is 0 Å². The van der Waals surface area contributed by atoms with E-state index < -0.39 is 16.0 Å². The molecule has 0 aliphatic rings. The summed E-state index contributed by atoms with van der Waals surface area (Å²) in [5.74, 6) is -1.15. The third-order valence-corrected chi connectivity index (χ3v) is 5.71. The molecule has 0 aliphatic carbocycles. The van der Waals surface area contributed by atoms with Crippen LogP contribution in [0.5, 0.6) is 0 Å². The molecule has 106 valence electrons. The maximum Gasteiger partial charge on any atom is 0.336 e. The van der Waals surface area contributed by atoms with Crippen molar-refractivity contribution in [1.29, 1.82) is 0 Å². The molecule has 0 atom stereocenters. The Morgan fingerprint density at radius 1 is 1.35 bits per heavy atom. The number of hydrogen-bond donors (Lipinski definition) is 2. The van der Waals surface area contributed by atoms with Crippen LogP contribution in [-0.4, -0.2) is 19.5 Å². The average molecular weight is 423 g/mol. The number of halogens is 1. The van der Waals surface area contributed by atoms with Gasteiger partial charge in [-0.25, -0.2) is 17.9 Å². The van der Waals surface area contributed by atoms with Gasteiger partial charge in [0.25, 0.3) is 0 Å². The van der Waals surface area contributed by atoms with Gasteiger partial charge in [-0.1, -0.05) is 6.07 Å². The molecule has 2 N–H and O–H groups in total. The van der Waals surface area contributed by atoms with Crippen LogP contribution < -0.4 is 4.72 Å². The lowest BCUT2D eigenvalue weighted by atomic mass is 10.2. The Morgan fingerprint density at radius 2 is 2.10 bits per heavy atom. The summed E-state index contributed by atoms with van der Waals surface area (Å²) in [6.07, 6.45) is 0. The van der Waals surface area contributed by atoms with E-state index in [1.165, 1.54) is 29.5 Å². The van der Waals surface area contributed by atoms with Crippen LogP contribution in [0.3, 0.4) is 0 Å². The van der Waals surface area contributed by atoms with E-state index in [0.29, 0.717) is 3.57 Å². The molecule has 2 aromatic rings. The first-order chi connectivity index (χ1) is 9.40. The largest absolute Gasteiger partial charge is 0.478 e. The fourth-order valence-electron chi connectivity index (χ4n) is 1.50. The summed E-state index contributed by atoms with van der Waals surface area (Å²) in [7, 11) is -3.72. The average Bonchev–Trinajstić information content (AvgIpc) is 2.89. The number of aromatic carboxylic acids is 1. The van der Waals surface area contributed by atoms with Gasteiger partial charge in [0.1, 0.15) is 0 Å². The van der Waals surface area contributed by atoms with Crippen molar-refractivity contribution in [3.8, 4) is 0 Å². The van der Waals surface area contributed by atoms with Crippen LogP contribution in [-0.2, 0) is 16.6 Å². The number of nitrogens with one attached hydrogen (secondary N) is 1. The molecule has 1 aromatic heterocycles. The molecule has 0 unspecified atom stereocenters. The highest BCUT2D eigenvalue weighted by Gasteiger charge is 2.18. The van der Waals surface area contributed by atoms with Crippen LogP contribution in [0, 0.1) is 3.57 Å². The first kappa shape index (κ1) is 15.4. The summed E-state index contributed by atoms with van der Waals surface area (Å²) in [6.45, 7) is 0.189. The van der Waals surface area contributed by atoms with E-state index in [-0.39, 0.29) is 17.0 Å². The second kappa shape index (κ2) is 6.20. The second-order valence-electron chi connectivity index (χ2n) is 3.85. The van der Waals surface area contributed by atoms with Crippen LogP contribution in [0.2, 0.25) is 0 Å². The SMILES string of the molecule is O=C(O)c1cc(S(=O)(=O)NCc2cccs2)ccc1I. The Balaban J connectivity index is 2.25. The quantitative estimate of drug-likeness (QED) is 0.725. The van der Waals surface area contributed by atoms with Gasteiger partial charge in [-0.2, -0.15) is 0 Å². The number of rotatable bonds is 5. The molecule has 0 amide bonds. The molecule has 8 heteroatoms. The molecule has 20 heavy (non-hydrogen) atoms. The van der Waals surface area contributed by atoms with E-state index in [1.807, 2.05) is 40.1 Å². The molecule has 0 aliphatic heterocycles. The number of carbonyl (C=O) groups is 1. The minimum atomic E-state index is -3.72. The lowest BCUT2D eigenvalue weighted by Crippen LogP contribution is -2.23. The molecule has 0 radical (unpaired) electrons. The maximum absolute atomic E-state index is 12.1. The first-order valence-corrected chi connectivity index (χ1v) is 8.89. The van der Waals surface area contributed by atoms with Gasteiger partial charge in [0.2, 0.25) is 10.0 Å². The topological polar surface area (TPSA) is 83.5 Å². The van der Waals surface area contributed by atoms with Crippen LogP contribution in [0.15, 0.2) is 40.6 Å². The number of benzene rings is 1. The highest BCUT2D eigenvalue weighted by molar-refractivity contribution is 14.1. The van der Waals surface area contributed by atoms with E-state index in [0.717, 1.165) is 4.88 Å². The zero-order valence-electron chi connectivity index (χ0n) is 10.0. The highest BCUT2D eigenvalue weighted by atomic mass is 127. The number of hydrogen-bond acceptors (Lipinski definition) is 4. The van der Waals surface area contributed by atoms with Gasteiger partial charge in [0.05, 0.1) is 10.5 Å². The standard InChI is InChI=1S/C12H10INO4S2/c13-11-4-3-9(6-10(11)12(15)16)20(17,18)14-7-8-2-1-5-19-8/h1-6,14H,7H2,(H,15,16). The molecular weight excluding hydrogens is 413 g/mol. The maximum atomic E-state index is 12.1. The fourth-order valence-corrected chi connectivity index (χ4v) is 3.83. The van der Waals surface area contributed by atoms with Gasteiger partial charge in [0, 0.05) is 15.0 Å². The zero-order chi connectivity index (χ0) is 14.8. The van der Waals surface area contributed by atoms with Crippen molar-refractivity contribution in [2.24, 2.45) is 0 Å². The predicted octanol–water partition coefficient (Wildman–Crippen LogP) is 2.53. The van der Waals surface area contributed by atoms with Crippen molar-refractivity contribution < 1.29 is 18.3 Å². The van der Waals surface area contributed by atoms with E-state index >= 15 is 0 Å². The third kappa shape index (κ3) is 3.57. The van der Waals surface area contributed by atoms with E-state index in [9.17, 15) is 13.2 Å². The molecule has 0 saturated carbocycles. The summed E-state index contributed by atoms with van der Waals surface area (Å²) in [5.41, 5.74) is -0.0235. The minimum Gasteiger partial charge on any atom is -0.478 e. The van der Waals surface area contributed by atoms with Gasteiger partial charge in [-0.3, -0.25) is 0 Å². The zero-order valence-corrected chi connectivity index (χ0v) is 13.8. The summed E-state index contributed by atoms with van der Waals surface area (Å²) >= 11 is 3.30. The summed E-state index contributed by atoms with van der Waals surface area (Å²) in [6, 6.07) is 7.70. The highest BCUT2D eigenvalue weighted by Crippen LogP contribution is 2.18. The molecule has 2 rings (SSSR count). The fraction of sp³-hybridized carbons (Fsp3) is 0.0833. The van der Waals surface area contributed by atoms with Crippen LogP contribution in [0.4, 0.5) is 0 Å². The lowest BCUT2D eigenvalue weighted by molar-refractivity contribution is 0.0695. The van der Waals surface area contributed by atoms with Crippen molar-refractivity contribution >= 4 is 49.9 Å². The number of thiophene rings is 1. The van der Waals surface area contributed by atoms with E-state index in [4.69, 9.17) is 5.11 Å². The van der Waals surface area contributed by atoms with Gasteiger partial charge in [-0.15, -0.1) is 11.3 Å². The van der Waals surface area contributed by atoms with E-state index in [2.05, 4.69) is 4.72 Å². The van der Waals surface area contributed by atoms with Crippen molar-refractivity contribution in [2.75, 3.05) is 0 Å². The second-order valence-corrected chi connectivity index (χ2v) is 7.81. The number of sulfonamides is 1. The summed E-state index contributed by atoms with van der Waals surface area (Å²) in [4.78, 5) is 11.9. The minimum absolute atomic E-state index is 0.0235. The molecule has 1 heterocycles. The van der Waals surface area contributed by atoms with Crippen molar-refractivity contribution in [3.63, 3.8) is 0 Å². The normalized spacial score (nSPS) is 11.4. The van der Waals surface area contributed by atoms with Gasteiger partial charge in [-0.05, 0) is 52.2 Å². The summed E-state index contributed by atoms with van der Waals surface area (Å²) < 4.78 is 27.2. The van der Waals surface area contributed by atoms with Crippen LogP contribution in [0.1, 0.15) is 15.2 Å². The molecule has 1 aromatic carbocycles. The molecule has 5 nitrogen and oxygen atoms in total. The number of carboxylic acids is 1. The molecule has 0 fully saturated rings.